The van der Waals surface area contributed by atoms with Crippen molar-refractivity contribution in [1.82, 2.24) is 14.7 Å². The molecule has 0 atom stereocenters. The summed E-state index contributed by atoms with van der Waals surface area (Å²) >= 11 is 1.67. The predicted molar refractivity (Wildman–Crippen MR) is 107 cm³/mol. The van der Waals surface area contributed by atoms with Crippen LogP contribution in [0.25, 0.3) is 5.69 Å². The number of rotatable bonds is 5. The van der Waals surface area contributed by atoms with E-state index >= 15 is 0 Å². The molecule has 0 aliphatic carbocycles. The second-order valence-corrected chi connectivity index (χ2v) is 7.17. The van der Waals surface area contributed by atoms with Gasteiger partial charge in [0.1, 0.15) is 0 Å². The molecule has 1 aromatic heterocycles. The number of aromatic nitrogens is 2. The summed E-state index contributed by atoms with van der Waals surface area (Å²) < 4.78 is 1.94. The van der Waals surface area contributed by atoms with Crippen molar-refractivity contribution in [2.24, 2.45) is 0 Å². The lowest BCUT2D eigenvalue weighted by atomic mass is 10.1. The maximum atomic E-state index is 12.7. The maximum Gasteiger partial charge on any atom is 0.253 e. The van der Waals surface area contributed by atoms with E-state index in [9.17, 15) is 4.79 Å². The maximum absolute atomic E-state index is 12.7. The summed E-state index contributed by atoms with van der Waals surface area (Å²) in [7, 11) is 1.84. The minimum atomic E-state index is 0.0175. The Morgan fingerprint density at radius 3 is 2.35 bits per heavy atom. The van der Waals surface area contributed by atoms with Crippen molar-refractivity contribution >= 4 is 17.7 Å². The van der Waals surface area contributed by atoms with Crippen molar-refractivity contribution in [2.45, 2.75) is 25.3 Å². The van der Waals surface area contributed by atoms with Crippen LogP contribution in [0.3, 0.4) is 0 Å². The second-order valence-electron chi connectivity index (χ2n) is 6.29. The number of thioether (sulfide) groups is 1. The summed E-state index contributed by atoms with van der Waals surface area (Å²) in [5.41, 5.74) is 4.83. The molecule has 134 valence electrons. The van der Waals surface area contributed by atoms with Crippen molar-refractivity contribution < 1.29 is 4.79 Å². The third-order valence-corrected chi connectivity index (χ3v) is 5.26. The number of carbonyl (C=O) groups is 1. The van der Waals surface area contributed by atoms with Gasteiger partial charge in [0, 0.05) is 35.3 Å². The van der Waals surface area contributed by atoms with Crippen LogP contribution in [0.4, 0.5) is 0 Å². The molecule has 0 spiro atoms. The van der Waals surface area contributed by atoms with E-state index in [1.54, 1.807) is 16.7 Å². The van der Waals surface area contributed by atoms with Crippen LogP contribution in [0, 0.1) is 13.8 Å². The van der Waals surface area contributed by atoms with Gasteiger partial charge < -0.3 is 4.90 Å². The SMILES string of the molecule is CSc1ccc(C(=O)N(C)Cc2c(C)nn(-c3ccccc3)c2C)cc1. The van der Waals surface area contributed by atoms with E-state index in [0.29, 0.717) is 12.1 Å². The highest BCUT2D eigenvalue weighted by molar-refractivity contribution is 7.98. The first-order chi connectivity index (χ1) is 12.5. The molecule has 26 heavy (non-hydrogen) atoms. The molecule has 2 aromatic carbocycles. The molecule has 0 unspecified atom stereocenters. The minimum absolute atomic E-state index is 0.0175. The number of para-hydroxylation sites is 1. The smallest absolute Gasteiger partial charge is 0.253 e. The van der Waals surface area contributed by atoms with Gasteiger partial charge in [0.05, 0.1) is 11.4 Å². The number of nitrogens with zero attached hydrogens (tertiary/aromatic N) is 3. The number of benzene rings is 2. The molecule has 0 aliphatic heterocycles. The molecule has 1 heterocycles. The van der Waals surface area contributed by atoms with Crippen molar-refractivity contribution in [2.75, 3.05) is 13.3 Å². The standard InChI is InChI=1S/C21H23N3OS/c1-15-20(16(2)24(22-15)18-8-6-5-7-9-18)14-23(3)21(25)17-10-12-19(26-4)13-11-17/h5-13H,14H2,1-4H3. The average molecular weight is 366 g/mol. The molecule has 0 saturated heterocycles. The van der Waals surface area contributed by atoms with Crippen LogP contribution in [0.2, 0.25) is 0 Å². The van der Waals surface area contributed by atoms with Gasteiger partial charge >= 0.3 is 0 Å². The molecule has 0 N–H and O–H groups in total. The molecule has 0 bridgehead atoms. The number of hydrogen-bond donors (Lipinski definition) is 0. The summed E-state index contributed by atoms with van der Waals surface area (Å²) in [6, 6.07) is 17.8. The molecule has 4 nitrogen and oxygen atoms in total. The Bertz CT molecular complexity index is 901. The fourth-order valence-electron chi connectivity index (χ4n) is 2.99. The predicted octanol–water partition coefficient (Wildman–Crippen LogP) is 4.48. The van der Waals surface area contributed by atoms with Crippen LogP contribution in [-0.2, 0) is 6.54 Å². The van der Waals surface area contributed by atoms with Gasteiger partial charge in [0.25, 0.3) is 5.91 Å². The van der Waals surface area contributed by atoms with Crippen LogP contribution >= 0.6 is 11.8 Å². The molecule has 0 saturated carbocycles. The van der Waals surface area contributed by atoms with E-state index < -0.39 is 0 Å². The Balaban J connectivity index is 1.82. The fourth-order valence-corrected chi connectivity index (χ4v) is 3.40. The quantitative estimate of drug-likeness (QED) is 0.626. The second kappa shape index (κ2) is 7.79. The van der Waals surface area contributed by atoms with Gasteiger partial charge in [-0.25, -0.2) is 4.68 Å². The van der Waals surface area contributed by atoms with E-state index in [4.69, 9.17) is 0 Å². The summed E-state index contributed by atoms with van der Waals surface area (Å²) in [5.74, 6) is 0.0175. The van der Waals surface area contributed by atoms with Crippen molar-refractivity contribution in [3.05, 3.63) is 77.1 Å². The third kappa shape index (κ3) is 3.68. The first-order valence-corrected chi connectivity index (χ1v) is 9.73. The van der Waals surface area contributed by atoms with Gasteiger partial charge in [-0.1, -0.05) is 18.2 Å². The summed E-state index contributed by atoms with van der Waals surface area (Å²) in [6.07, 6.45) is 2.03. The zero-order valence-electron chi connectivity index (χ0n) is 15.6. The Hall–Kier alpha value is -2.53. The third-order valence-electron chi connectivity index (χ3n) is 4.52. The van der Waals surface area contributed by atoms with Crippen LogP contribution < -0.4 is 0 Å². The van der Waals surface area contributed by atoms with Crippen LogP contribution in [0.15, 0.2) is 59.5 Å². The molecule has 5 heteroatoms. The van der Waals surface area contributed by atoms with Gasteiger partial charge in [-0.05, 0) is 56.5 Å². The van der Waals surface area contributed by atoms with Crippen LogP contribution in [0.1, 0.15) is 27.3 Å². The first-order valence-electron chi connectivity index (χ1n) is 8.51. The number of hydrogen-bond acceptors (Lipinski definition) is 3. The van der Waals surface area contributed by atoms with Crippen LogP contribution in [0.5, 0.6) is 0 Å². The van der Waals surface area contributed by atoms with Crippen molar-refractivity contribution in [1.29, 1.82) is 0 Å². The average Bonchev–Trinajstić information content (AvgIpc) is 2.96. The summed E-state index contributed by atoms with van der Waals surface area (Å²) in [6.45, 7) is 4.58. The normalized spacial score (nSPS) is 10.8. The monoisotopic (exact) mass is 365 g/mol. The number of amides is 1. The van der Waals surface area contributed by atoms with Crippen molar-refractivity contribution in [3.8, 4) is 5.69 Å². The lowest BCUT2D eigenvalue weighted by molar-refractivity contribution is 0.0784. The Morgan fingerprint density at radius 2 is 1.73 bits per heavy atom. The number of aryl methyl sites for hydroxylation is 1. The zero-order chi connectivity index (χ0) is 18.7. The molecular weight excluding hydrogens is 342 g/mol. The Morgan fingerprint density at radius 1 is 1.08 bits per heavy atom. The molecule has 3 aromatic rings. The largest absolute Gasteiger partial charge is 0.337 e. The highest BCUT2D eigenvalue weighted by Gasteiger charge is 2.18. The van der Waals surface area contributed by atoms with Crippen molar-refractivity contribution in [3.63, 3.8) is 0 Å². The van der Waals surface area contributed by atoms with E-state index in [1.807, 2.05) is 86.4 Å². The molecule has 0 aliphatic rings. The van der Waals surface area contributed by atoms with E-state index in [2.05, 4.69) is 5.10 Å². The highest BCUT2D eigenvalue weighted by Crippen LogP contribution is 2.21. The van der Waals surface area contributed by atoms with Gasteiger partial charge in [0.2, 0.25) is 0 Å². The zero-order valence-corrected chi connectivity index (χ0v) is 16.4. The molecule has 1 amide bonds. The topological polar surface area (TPSA) is 38.1 Å². The molecular formula is C21H23N3OS. The molecule has 0 radical (unpaired) electrons. The van der Waals surface area contributed by atoms with E-state index in [1.165, 1.54) is 0 Å². The van der Waals surface area contributed by atoms with Crippen LogP contribution in [-0.4, -0.2) is 33.9 Å². The fraction of sp³-hybridized carbons (Fsp3) is 0.238. The van der Waals surface area contributed by atoms with Gasteiger partial charge in [-0.2, -0.15) is 5.10 Å². The summed E-state index contributed by atoms with van der Waals surface area (Å²) in [5, 5.41) is 4.66. The lowest BCUT2D eigenvalue weighted by Gasteiger charge is -2.18. The molecule has 3 rings (SSSR count). The highest BCUT2D eigenvalue weighted by atomic mass is 32.2. The Labute approximate surface area is 158 Å². The van der Waals surface area contributed by atoms with Gasteiger partial charge in [-0.3, -0.25) is 4.79 Å². The first kappa shape index (κ1) is 18.3. The number of carbonyl (C=O) groups excluding carboxylic acids is 1. The van der Waals surface area contributed by atoms with E-state index in [0.717, 1.165) is 27.5 Å². The lowest BCUT2D eigenvalue weighted by Crippen LogP contribution is -2.26. The molecule has 0 fully saturated rings. The minimum Gasteiger partial charge on any atom is -0.337 e. The van der Waals surface area contributed by atoms with E-state index in [-0.39, 0.29) is 5.91 Å². The Kier molecular flexibility index (Phi) is 5.47. The van der Waals surface area contributed by atoms with Gasteiger partial charge in [-0.15, -0.1) is 11.8 Å². The van der Waals surface area contributed by atoms with Gasteiger partial charge in [0.15, 0.2) is 0 Å². The summed E-state index contributed by atoms with van der Waals surface area (Å²) in [4.78, 5) is 15.6.